The highest BCUT2D eigenvalue weighted by molar-refractivity contribution is 14.1. The second-order valence-electron chi connectivity index (χ2n) is 12.0. The van der Waals surface area contributed by atoms with Gasteiger partial charge in [0.25, 0.3) is 11.6 Å². The molecule has 3 aromatic rings. The molecule has 3 aromatic carbocycles. The summed E-state index contributed by atoms with van der Waals surface area (Å²) in [5, 5.41) is 21.6. The Bertz CT molecular complexity index is 1570. The van der Waals surface area contributed by atoms with Crippen LogP contribution in [-0.2, 0) is 33.0 Å². The van der Waals surface area contributed by atoms with E-state index in [2.05, 4.69) is 22.6 Å². The lowest BCUT2D eigenvalue weighted by Gasteiger charge is -2.31. The molecule has 0 aromatic heterocycles. The van der Waals surface area contributed by atoms with E-state index in [9.17, 15) is 24.8 Å². The van der Waals surface area contributed by atoms with Gasteiger partial charge in [0.05, 0.1) is 36.3 Å². The van der Waals surface area contributed by atoms with Crippen molar-refractivity contribution in [3.63, 3.8) is 0 Å². The van der Waals surface area contributed by atoms with E-state index in [-0.39, 0.29) is 44.3 Å². The zero-order valence-corrected chi connectivity index (χ0v) is 27.9. The molecule has 0 bridgehead atoms. The lowest BCUT2D eigenvalue weighted by molar-refractivity contribution is -0.385. The maximum absolute atomic E-state index is 16.2. The molecular formula is C32H35FIN3O6Si. The number of halogens is 2. The fourth-order valence-electron chi connectivity index (χ4n) is 6.84. The van der Waals surface area contributed by atoms with Gasteiger partial charge in [0.15, 0.2) is 5.60 Å². The normalized spacial score (nSPS) is 22.8. The third-order valence-electron chi connectivity index (χ3n) is 8.70. The van der Waals surface area contributed by atoms with Gasteiger partial charge in [0.2, 0.25) is 14.3 Å². The molecule has 0 aliphatic carbocycles. The Labute approximate surface area is 270 Å². The summed E-state index contributed by atoms with van der Waals surface area (Å²) < 4.78 is 23.9. The number of rotatable bonds is 10. The molecule has 2 aliphatic rings. The Kier molecular flexibility index (Phi) is 9.26. The van der Waals surface area contributed by atoms with Crippen LogP contribution in [0.5, 0.6) is 0 Å². The quantitative estimate of drug-likeness (QED) is 0.0910. The van der Waals surface area contributed by atoms with Crippen LogP contribution in [0.4, 0.5) is 15.5 Å². The van der Waals surface area contributed by atoms with Crippen molar-refractivity contribution in [2.75, 3.05) is 18.1 Å². The number of hydrogen-bond donors (Lipinski definition) is 1. The highest BCUT2D eigenvalue weighted by Crippen LogP contribution is 2.60. The van der Waals surface area contributed by atoms with Crippen LogP contribution in [-0.4, -0.2) is 54.4 Å². The summed E-state index contributed by atoms with van der Waals surface area (Å²) in [6, 6.07) is 21.3. The fourth-order valence-corrected chi connectivity index (χ4v) is 9.94. The highest BCUT2D eigenvalue weighted by Gasteiger charge is 2.67. The fraction of sp³-hybridized carbons (Fsp3) is 0.375. The van der Waals surface area contributed by atoms with E-state index in [1.807, 2.05) is 54.6 Å². The summed E-state index contributed by atoms with van der Waals surface area (Å²) >= 11 is 2.19. The molecule has 1 spiro atoms. The minimum Gasteiger partial charge on any atom is -0.395 e. The van der Waals surface area contributed by atoms with Crippen LogP contribution in [0.1, 0.15) is 30.0 Å². The topological polar surface area (TPSA) is 113 Å². The van der Waals surface area contributed by atoms with Gasteiger partial charge in [-0.3, -0.25) is 19.7 Å². The zero-order valence-electron chi connectivity index (χ0n) is 24.8. The molecule has 0 unspecified atom stereocenters. The van der Waals surface area contributed by atoms with Crippen LogP contribution in [0.25, 0.3) is 0 Å². The summed E-state index contributed by atoms with van der Waals surface area (Å²) in [6.45, 7) is 5.13. The number of amides is 2. The van der Waals surface area contributed by atoms with Crippen LogP contribution in [0.15, 0.2) is 72.8 Å². The molecule has 12 heteroatoms. The summed E-state index contributed by atoms with van der Waals surface area (Å²) in [4.78, 5) is 42.7. The Morgan fingerprint density at radius 3 is 2.48 bits per heavy atom. The molecule has 2 aliphatic heterocycles. The molecular weight excluding hydrogens is 696 g/mol. The zero-order chi connectivity index (χ0) is 31.8. The SMILES string of the molecule is C[C@H]1[C@H]([Si](C)(C)F)[C@@H](CC(=O)N(CCO)Cc2ccccc2)O[C@]12C(=O)N(Cc1cccc(I)c1)c1ccc([N+](=O)[O-])cc12. The highest BCUT2D eigenvalue weighted by atomic mass is 127. The first-order valence-corrected chi connectivity index (χ1v) is 18.5. The third kappa shape index (κ3) is 6.04. The predicted octanol–water partition coefficient (Wildman–Crippen LogP) is 5.93. The maximum atomic E-state index is 16.2. The Balaban J connectivity index is 1.55. The van der Waals surface area contributed by atoms with Crippen LogP contribution in [0, 0.1) is 19.6 Å². The number of aliphatic hydroxyl groups is 1. The molecule has 232 valence electrons. The average Bonchev–Trinajstić information content (AvgIpc) is 3.39. The van der Waals surface area contributed by atoms with E-state index in [4.69, 9.17) is 4.74 Å². The summed E-state index contributed by atoms with van der Waals surface area (Å²) in [5.41, 5.74) is -0.120. The second kappa shape index (κ2) is 12.7. The van der Waals surface area contributed by atoms with Gasteiger partial charge in [-0.05, 0) is 65.0 Å². The van der Waals surface area contributed by atoms with Crippen LogP contribution < -0.4 is 4.90 Å². The number of nitro groups is 1. The number of carbonyl (C=O) groups excluding carboxylic acids is 2. The van der Waals surface area contributed by atoms with E-state index in [0.29, 0.717) is 11.3 Å². The number of nitrogens with zero attached hydrogens (tertiary/aromatic N) is 3. The Morgan fingerprint density at radius 1 is 1.14 bits per heavy atom. The van der Waals surface area contributed by atoms with E-state index in [0.717, 1.165) is 14.7 Å². The number of benzene rings is 3. The second-order valence-corrected chi connectivity index (χ2v) is 17.0. The van der Waals surface area contributed by atoms with E-state index < -0.39 is 42.4 Å². The van der Waals surface area contributed by atoms with Crippen LogP contribution >= 0.6 is 22.6 Å². The van der Waals surface area contributed by atoms with Crippen molar-refractivity contribution in [3.05, 3.63) is 103 Å². The third-order valence-corrected chi connectivity index (χ3v) is 11.8. The summed E-state index contributed by atoms with van der Waals surface area (Å²) in [5.74, 6) is -1.46. The largest absolute Gasteiger partial charge is 0.395 e. The molecule has 1 fully saturated rings. The standard InChI is InChI=1S/C32H35FIN3O6Si/c1-21-30(44(2,3)33)28(18-29(39)35(14-15-38)19-22-8-5-4-6-9-22)43-32(21)26-17-25(37(41)42)12-13-27(26)36(31(32)40)20-23-10-7-11-24(34)16-23/h4-13,16-17,21,28,30,38H,14-15,18-20H2,1-3H3/t21-,28+,30-,32+/m0/s1. The molecule has 4 atom stereocenters. The lowest BCUT2D eigenvalue weighted by atomic mass is 9.82. The number of nitro benzene ring substituents is 1. The van der Waals surface area contributed by atoms with Crippen LogP contribution in [0.3, 0.4) is 0 Å². The molecule has 0 radical (unpaired) electrons. The van der Waals surface area contributed by atoms with Gasteiger partial charge in [-0.1, -0.05) is 49.4 Å². The van der Waals surface area contributed by atoms with Gasteiger partial charge in [-0.15, -0.1) is 0 Å². The first-order valence-electron chi connectivity index (χ1n) is 14.5. The Hall–Kier alpha value is -3.20. The van der Waals surface area contributed by atoms with E-state index in [1.165, 1.54) is 17.0 Å². The van der Waals surface area contributed by atoms with Crippen molar-refractivity contribution in [2.45, 2.75) is 56.8 Å². The smallest absolute Gasteiger partial charge is 0.269 e. The van der Waals surface area contributed by atoms with Crippen molar-refractivity contribution in [3.8, 4) is 0 Å². The van der Waals surface area contributed by atoms with Crippen molar-refractivity contribution in [1.82, 2.24) is 4.90 Å². The number of non-ortho nitro benzene ring substituents is 1. The number of ether oxygens (including phenoxy) is 1. The summed E-state index contributed by atoms with van der Waals surface area (Å²) in [6.07, 6.45) is -1.15. The van der Waals surface area contributed by atoms with Gasteiger partial charge < -0.3 is 23.8 Å². The average molecular weight is 732 g/mol. The molecule has 1 N–H and O–H groups in total. The van der Waals surface area contributed by atoms with E-state index in [1.54, 1.807) is 31.0 Å². The molecule has 2 amide bonds. The molecule has 5 rings (SSSR count). The monoisotopic (exact) mass is 731 g/mol. The van der Waals surface area contributed by atoms with Gasteiger partial charge in [0.1, 0.15) is 0 Å². The van der Waals surface area contributed by atoms with Crippen molar-refractivity contribution < 1.29 is 28.5 Å². The van der Waals surface area contributed by atoms with Crippen molar-refractivity contribution in [2.24, 2.45) is 5.92 Å². The van der Waals surface area contributed by atoms with Crippen molar-refractivity contribution in [1.29, 1.82) is 0 Å². The van der Waals surface area contributed by atoms with Gasteiger partial charge >= 0.3 is 0 Å². The molecule has 9 nitrogen and oxygen atoms in total. The van der Waals surface area contributed by atoms with Gasteiger partial charge in [-0.2, -0.15) is 0 Å². The summed E-state index contributed by atoms with van der Waals surface area (Å²) in [7, 11) is -3.58. The van der Waals surface area contributed by atoms with Gasteiger partial charge in [0, 0.05) is 45.8 Å². The first-order chi connectivity index (χ1) is 20.9. The van der Waals surface area contributed by atoms with E-state index >= 15 is 4.11 Å². The van der Waals surface area contributed by atoms with Crippen LogP contribution in [0.2, 0.25) is 18.6 Å². The number of aliphatic hydroxyl groups excluding tert-OH is 1. The minimum atomic E-state index is -3.58. The number of anilines is 1. The number of carbonyl (C=O) groups is 2. The number of hydrogen-bond acceptors (Lipinski definition) is 6. The molecule has 0 saturated carbocycles. The Morgan fingerprint density at radius 2 is 1.84 bits per heavy atom. The maximum Gasteiger partial charge on any atom is 0.269 e. The molecule has 44 heavy (non-hydrogen) atoms. The first kappa shape index (κ1) is 32.2. The molecule has 1 saturated heterocycles. The minimum absolute atomic E-state index is 0.0832. The van der Waals surface area contributed by atoms with Gasteiger partial charge in [-0.25, -0.2) is 0 Å². The lowest BCUT2D eigenvalue weighted by Crippen LogP contribution is -2.45. The number of fused-ring (bicyclic) bond motifs is 2. The van der Waals surface area contributed by atoms with Crippen molar-refractivity contribution >= 4 is 54.2 Å². The molecule has 2 heterocycles. The predicted molar refractivity (Wildman–Crippen MR) is 175 cm³/mol.